The highest BCUT2D eigenvalue weighted by Gasteiger charge is 2.07. The van der Waals surface area contributed by atoms with Gasteiger partial charge in [-0.05, 0) is 51.0 Å². The zero-order chi connectivity index (χ0) is 10.7. The lowest BCUT2D eigenvalue weighted by Crippen LogP contribution is -1.89. The van der Waals surface area contributed by atoms with Crippen LogP contribution in [0.4, 0.5) is 0 Å². The summed E-state index contributed by atoms with van der Waals surface area (Å²) >= 11 is 6.41. The quantitative estimate of drug-likeness (QED) is 0.604. The van der Waals surface area contributed by atoms with Crippen LogP contribution in [-0.4, -0.2) is 5.78 Å². The second-order valence-corrected chi connectivity index (χ2v) is 5.56. The fourth-order valence-corrected chi connectivity index (χ4v) is 3.20. The monoisotopic (exact) mass is 298 g/mol. The van der Waals surface area contributed by atoms with E-state index in [0.717, 1.165) is 14.2 Å². The molecule has 4 heteroatoms. The van der Waals surface area contributed by atoms with Crippen molar-refractivity contribution < 1.29 is 4.79 Å². The number of carbonyl (C=O) groups is 1. The van der Waals surface area contributed by atoms with Gasteiger partial charge < -0.3 is 0 Å². The molecule has 0 saturated heterocycles. The number of thiophene rings is 2. The molecule has 0 fully saturated rings. The molecule has 0 N–H and O–H groups in total. The van der Waals surface area contributed by atoms with Gasteiger partial charge in [0, 0.05) is 9.35 Å². The summed E-state index contributed by atoms with van der Waals surface area (Å²) < 4.78 is 0.869. The van der Waals surface area contributed by atoms with E-state index < -0.39 is 0 Å². The predicted molar refractivity (Wildman–Crippen MR) is 69.7 cm³/mol. The zero-order valence-corrected chi connectivity index (χ0v) is 10.9. The maximum atomic E-state index is 11.7. The first kappa shape index (κ1) is 10.8. The molecule has 0 aromatic carbocycles. The van der Waals surface area contributed by atoms with E-state index in [1.807, 2.05) is 35.0 Å². The molecule has 0 radical (unpaired) electrons. The number of hydrogen-bond acceptors (Lipinski definition) is 3. The highest BCUT2D eigenvalue weighted by molar-refractivity contribution is 9.10. The third-order valence-electron chi connectivity index (χ3n) is 1.78. The van der Waals surface area contributed by atoms with Crippen LogP contribution in [0.25, 0.3) is 6.08 Å². The minimum absolute atomic E-state index is 0.0466. The van der Waals surface area contributed by atoms with Crippen LogP contribution in [-0.2, 0) is 0 Å². The van der Waals surface area contributed by atoms with Crippen LogP contribution >= 0.6 is 38.6 Å². The van der Waals surface area contributed by atoms with Crippen LogP contribution in [0.15, 0.2) is 39.5 Å². The highest BCUT2D eigenvalue weighted by atomic mass is 79.9. The zero-order valence-electron chi connectivity index (χ0n) is 7.64. The lowest BCUT2D eigenvalue weighted by Gasteiger charge is -1.90. The van der Waals surface area contributed by atoms with E-state index in [9.17, 15) is 4.79 Å². The molecule has 2 rings (SSSR count). The summed E-state index contributed by atoms with van der Waals surface area (Å²) in [5, 5.41) is 3.89. The Morgan fingerprint density at radius 2 is 2.13 bits per heavy atom. The normalized spacial score (nSPS) is 11.0. The van der Waals surface area contributed by atoms with Crippen molar-refractivity contribution in [3.63, 3.8) is 0 Å². The molecule has 0 saturated carbocycles. The van der Waals surface area contributed by atoms with Crippen molar-refractivity contribution in [1.29, 1.82) is 0 Å². The smallest absolute Gasteiger partial charge is 0.196 e. The first-order valence-electron chi connectivity index (χ1n) is 4.26. The van der Waals surface area contributed by atoms with Crippen LogP contribution in [0.5, 0.6) is 0 Å². The average molecular weight is 299 g/mol. The number of rotatable bonds is 3. The Morgan fingerprint density at radius 1 is 1.27 bits per heavy atom. The summed E-state index contributed by atoms with van der Waals surface area (Å²) in [5.74, 6) is 0.0466. The molecule has 76 valence electrons. The van der Waals surface area contributed by atoms with Crippen LogP contribution in [0.1, 0.15) is 14.5 Å². The number of halogens is 1. The largest absolute Gasteiger partial charge is 0.288 e. The van der Waals surface area contributed by atoms with Crippen molar-refractivity contribution in [1.82, 2.24) is 0 Å². The lowest BCUT2D eigenvalue weighted by molar-refractivity contribution is 0.105. The summed E-state index contributed by atoms with van der Waals surface area (Å²) in [4.78, 5) is 13.6. The van der Waals surface area contributed by atoms with Crippen LogP contribution in [0, 0.1) is 0 Å². The summed E-state index contributed by atoms with van der Waals surface area (Å²) in [6.45, 7) is 0. The molecule has 0 atom stereocenters. The third-order valence-corrected chi connectivity index (χ3v) is 4.47. The Labute approximate surface area is 104 Å². The molecule has 2 heterocycles. The van der Waals surface area contributed by atoms with Gasteiger partial charge in [-0.15, -0.1) is 22.7 Å². The number of carbonyl (C=O) groups excluding carboxylic acids is 1. The topological polar surface area (TPSA) is 17.1 Å². The van der Waals surface area contributed by atoms with E-state index in [-0.39, 0.29) is 5.78 Å². The van der Waals surface area contributed by atoms with Crippen LogP contribution < -0.4 is 0 Å². The van der Waals surface area contributed by atoms with Crippen molar-refractivity contribution in [2.75, 3.05) is 0 Å². The van der Waals surface area contributed by atoms with Gasteiger partial charge in [-0.2, -0.15) is 0 Å². The third kappa shape index (κ3) is 2.65. The van der Waals surface area contributed by atoms with E-state index in [1.165, 1.54) is 11.3 Å². The van der Waals surface area contributed by atoms with E-state index in [1.54, 1.807) is 17.4 Å². The first-order valence-corrected chi connectivity index (χ1v) is 6.81. The second kappa shape index (κ2) is 4.88. The molecule has 2 aromatic rings. The molecule has 0 unspecified atom stereocenters. The fourth-order valence-electron chi connectivity index (χ4n) is 1.09. The molecule has 0 amide bonds. The Morgan fingerprint density at radius 3 is 2.73 bits per heavy atom. The van der Waals surface area contributed by atoms with E-state index >= 15 is 0 Å². The van der Waals surface area contributed by atoms with Crippen molar-refractivity contribution in [2.45, 2.75) is 0 Å². The van der Waals surface area contributed by atoms with Gasteiger partial charge in [-0.3, -0.25) is 4.79 Å². The van der Waals surface area contributed by atoms with Crippen LogP contribution in [0.3, 0.4) is 0 Å². The molecule has 0 aliphatic rings. The summed E-state index contributed by atoms with van der Waals surface area (Å²) in [6.07, 6.45) is 3.46. The molecule has 0 aliphatic carbocycles. The fraction of sp³-hybridized carbons (Fsp3) is 0. The minimum Gasteiger partial charge on any atom is -0.288 e. The molecule has 0 spiro atoms. The van der Waals surface area contributed by atoms with Crippen LogP contribution in [0.2, 0.25) is 0 Å². The maximum absolute atomic E-state index is 11.7. The summed E-state index contributed by atoms with van der Waals surface area (Å²) in [5.41, 5.74) is 0. The maximum Gasteiger partial charge on any atom is 0.196 e. The Kier molecular flexibility index (Phi) is 3.51. The Balaban J connectivity index is 2.14. The second-order valence-electron chi connectivity index (χ2n) is 2.81. The minimum atomic E-state index is 0.0466. The van der Waals surface area contributed by atoms with Gasteiger partial charge in [-0.1, -0.05) is 6.07 Å². The summed E-state index contributed by atoms with van der Waals surface area (Å²) in [6, 6.07) is 5.84. The first-order chi connectivity index (χ1) is 7.27. The lowest BCUT2D eigenvalue weighted by atomic mass is 10.3. The molecule has 2 aromatic heterocycles. The van der Waals surface area contributed by atoms with Gasteiger partial charge in [0.15, 0.2) is 5.78 Å². The highest BCUT2D eigenvalue weighted by Crippen LogP contribution is 2.23. The average Bonchev–Trinajstić information content (AvgIpc) is 2.84. The number of allylic oxidation sites excluding steroid dienone is 1. The number of ketones is 1. The van der Waals surface area contributed by atoms with Crippen molar-refractivity contribution in [2.24, 2.45) is 0 Å². The van der Waals surface area contributed by atoms with E-state index in [4.69, 9.17) is 0 Å². The van der Waals surface area contributed by atoms with Gasteiger partial charge in [0.25, 0.3) is 0 Å². The Bertz CT molecular complexity index is 482. The molecule has 0 bridgehead atoms. The molecule has 15 heavy (non-hydrogen) atoms. The van der Waals surface area contributed by atoms with E-state index in [0.29, 0.717) is 0 Å². The SMILES string of the molecule is O=C(C=Cc1cccs1)c1sccc1Br. The summed E-state index contributed by atoms with van der Waals surface area (Å²) in [7, 11) is 0. The standard InChI is InChI=1S/C11H7BrOS2/c12-9-5-7-15-11(9)10(13)4-3-8-2-1-6-14-8/h1-7H. The van der Waals surface area contributed by atoms with Gasteiger partial charge in [0.05, 0.1) is 4.88 Å². The number of hydrogen-bond donors (Lipinski definition) is 0. The Hall–Kier alpha value is -0.710. The molecular formula is C11H7BrOS2. The molecular weight excluding hydrogens is 292 g/mol. The van der Waals surface area contributed by atoms with Gasteiger partial charge in [0.2, 0.25) is 0 Å². The van der Waals surface area contributed by atoms with E-state index in [2.05, 4.69) is 15.9 Å². The molecule has 1 nitrogen and oxygen atoms in total. The predicted octanol–water partition coefficient (Wildman–Crippen LogP) is 4.47. The van der Waals surface area contributed by atoms with Gasteiger partial charge >= 0.3 is 0 Å². The molecule has 0 aliphatic heterocycles. The van der Waals surface area contributed by atoms with Crippen molar-refractivity contribution >= 4 is 50.5 Å². The van der Waals surface area contributed by atoms with Gasteiger partial charge in [-0.25, -0.2) is 0 Å². The van der Waals surface area contributed by atoms with Crippen molar-refractivity contribution in [3.05, 3.63) is 49.3 Å². The van der Waals surface area contributed by atoms with Crippen molar-refractivity contribution in [3.8, 4) is 0 Å². The van der Waals surface area contributed by atoms with Gasteiger partial charge in [0.1, 0.15) is 0 Å².